The molecule has 3 saturated carbocycles. The molecule has 2 bridgehead atoms. The zero-order valence-electron chi connectivity index (χ0n) is 11.7. The molecule has 0 unspecified atom stereocenters. The molecular weight excluding hydrogens is 196 g/mol. The van der Waals surface area contributed by atoms with Gasteiger partial charge in [0, 0.05) is 14.9 Å². The zero-order chi connectivity index (χ0) is 12.8. The number of ketones is 1. The molecule has 0 radical (unpaired) electrons. The Balaban J connectivity index is 2.03. The van der Waals surface area contributed by atoms with Gasteiger partial charge in [0.25, 0.3) is 7.11 Å². The van der Waals surface area contributed by atoms with Crippen molar-refractivity contribution in [3.8, 4) is 0 Å². The van der Waals surface area contributed by atoms with Crippen molar-refractivity contribution in [2.24, 2.45) is 11.8 Å². The van der Waals surface area contributed by atoms with Crippen LogP contribution in [0, 0.1) is 11.8 Å². The van der Waals surface area contributed by atoms with Crippen LogP contribution in [0.3, 0.4) is 0 Å². The van der Waals surface area contributed by atoms with E-state index in [-0.39, 0.29) is 5.92 Å². The lowest BCUT2D eigenvalue weighted by atomic mass is 9.66. The molecule has 16 heavy (non-hydrogen) atoms. The molecule has 0 spiro atoms. The zero-order valence-corrected chi connectivity index (χ0v) is 9.70. The predicted octanol–water partition coefficient (Wildman–Crippen LogP) is 3.35. The van der Waals surface area contributed by atoms with Gasteiger partial charge >= 0.3 is 5.78 Å². The highest BCUT2D eigenvalue weighted by Gasteiger charge is 2.32. The molecule has 84 valence electrons. The third-order valence-electron chi connectivity index (χ3n) is 3.90. The molecule has 0 heterocycles. The first-order chi connectivity index (χ1) is 8.63. The summed E-state index contributed by atoms with van der Waals surface area (Å²) in [7, 11) is 1.66. The van der Waals surface area contributed by atoms with Crippen LogP contribution in [0.4, 0.5) is 0 Å². The van der Waals surface area contributed by atoms with E-state index in [0.717, 1.165) is 42.6 Å². The van der Waals surface area contributed by atoms with Crippen molar-refractivity contribution in [3.63, 3.8) is 0 Å². The number of carbonyl (C=O) groups excluding carboxylic acids is 1. The number of fused-ring (bicyclic) bond motifs is 3. The number of rotatable bonds is 0. The van der Waals surface area contributed by atoms with Gasteiger partial charge in [-0.3, -0.25) is 4.42 Å². The average molecular weight is 217 g/mol. The van der Waals surface area contributed by atoms with E-state index in [2.05, 4.69) is 0 Å². The monoisotopic (exact) mass is 217 g/mol. The van der Waals surface area contributed by atoms with Crippen molar-refractivity contribution in [3.05, 3.63) is 35.5 Å². The Morgan fingerprint density at radius 2 is 1.81 bits per heavy atom. The second kappa shape index (κ2) is 4.04. The molecule has 0 N–H and O–H groups in total. The summed E-state index contributed by atoms with van der Waals surface area (Å²) >= 11 is 0. The standard InChI is InChI=1S/C15H19O/c1-16-14-8-6-13(7-9-14)15-10-11-2-4-12(15)5-3-11/h6-9,11-12H,2-5,10H2,1H3/q+1/i10D2. The lowest BCUT2D eigenvalue weighted by Gasteiger charge is -2.39. The molecule has 4 rings (SSSR count). The fraction of sp³-hybridized carbons (Fsp3) is 0.533. The first kappa shape index (κ1) is 8.05. The van der Waals surface area contributed by atoms with Crippen molar-refractivity contribution in [1.29, 1.82) is 0 Å². The van der Waals surface area contributed by atoms with Gasteiger partial charge in [0.05, 0.1) is 0 Å². The van der Waals surface area contributed by atoms with Crippen LogP contribution in [0.2, 0.25) is 0 Å². The maximum atomic E-state index is 8.41. The Morgan fingerprint density at radius 3 is 2.38 bits per heavy atom. The van der Waals surface area contributed by atoms with Crippen LogP contribution in [0.1, 0.15) is 34.8 Å². The molecule has 0 aromatic heterocycles. The maximum absolute atomic E-state index is 8.41. The van der Waals surface area contributed by atoms with E-state index in [1.54, 1.807) is 7.11 Å². The number of hydrogen-bond donors (Lipinski definition) is 0. The molecule has 4 aliphatic carbocycles. The summed E-state index contributed by atoms with van der Waals surface area (Å²) in [6.45, 7) is 0. The van der Waals surface area contributed by atoms with Gasteiger partial charge in [0.1, 0.15) is 0 Å². The van der Waals surface area contributed by atoms with Gasteiger partial charge in [-0.05, 0) is 61.6 Å². The Kier molecular flexibility index (Phi) is 2.03. The minimum absolute atomic E-state index is 0.222. The molecule has 0 aliphatic heterocycles. The van der Waals surface area contributed by atoms with E-state index in [0.29, 0.717) is 5.92 Å². The van der Waals surface area contributed by atoms with Crippen molar-refractivity contribution >= 4 is 5.78 Å². The summed E-state index contributed by atoms with van der Waals surface area (Å²) in [4.78, 5) is 0. The lowest BCUT2D eigenvalue weighted by Crippen LogP contribution is -2.25. The van der Waals surface area contributed by atoms with Gasteiger partial charge in [-0.2, -0.15) is 0 Å². The summed E-state index contributed by atoms with van der Waals surface area (Å²) in [6, 6.07) is 0. The Morgan fingerprint density at radius 1 is 1.12 bits per heavy atom. The van der Waals surface area contributed by atoms with Crippen molar-refractivity contribution in [2.45, 2.75) is 32.1 Å². The van der Waals surface area contributed by atoms with E-state index >= 15 is 0 Å². The highest BCUT2D eigenvalue weighted by atomic mass is 16.4. The maximum Gasteiger partial charge on any atom is 0.343 e. The SMILES string of the molecule is [2H]C1([2H])C(=C2C=CC(=[O+]C)C=C2)C2CCC1CC2. The molecule has 4 aliphatic rings. The van der Waals surface area contributed by atoms with Crippen LogP contribution in [0.15, 0.2) is 35.5 Å². The minimum atomic E-state index is -1.12. The van der Waals surface area contributed by atoms with Crippen LogP contribution >= 0.6 is 0 Å². The van der Waals surface area contributed by atoms with Crippen molar-refractivity contribution in [2.75, 3.05) is 7.11 Å². The molecular formula is C15H19O+. The first-order valence-electron chi connectivity index (χ1n) is 7.14. The number of hydrogen-bond acceptors (Lipinski definition) is 0. The summed E-state index contributed by atoms with van der Waals surface area (Å²) in [5.41, 5.74) is 2.10. The first-order valence-corrected chi connectivity index (χ1v) is 6.14. The fourth-order valence-corrected chi connectivity index (χ4v) is 2.95. The topological polar surface area (TPSA) is 11.3 Å². The van der Waals surface area contributed by atoms with Gasteiger partial charge in [-0.1, -0.05) is 5.57 Å². The van der Waals surface area contributed by atoms with Gasteiger partial charge in [-0.15, -0.1) is 0 Å². The highest BCUT2D eigenvalue weighted by molar-refractivity contribution is 6.01. The van der Waals surface area contributed by atoms with Crippen molar-refractivity contribution < 1.29 is 7.17 Å². The summed E-state index contributed by atoms with van der Waals surface area (Å²) in [5, 5.41) is 0. The van der Waals surface area contributed by atoms with E-state index in [9.17, 15) is 0 Å². The Hall–Kier alpha value is -1.11. The van der Waals surface area contributed by atoms with Gasteiger partial charge in [0.15, 0.2) is 0 Å². The average Bonchev–Trinajstić information content (AvgIpc) is 2.39. The van der Waals surface area contributed by atoms with E-state index in [1.807, 2.05) is 24.3 Å². The molecule has 0 saturated heterocycles. The Labute approximate surface area is 100 Å². The summed E-state index contributed by atoms with van der Waals surface area (Å²) in [6.07, 6.45) is 11.2. The van der Waals surface area contributed by atoms with Crippen LogP contribution in [0.5, 0.6) is 0 Å². The smallest absolute Gasteiger partial charge is 0.258 e. The normalized spacial score (nSPS) is 37.4. The molecule has 0 aromatic rings. The highest BCUT2D eigenvalue weighted by Crippen LogP contribution is 2.46. The quantitative estimate of drug-likeness (QED) is 0.551. The molecule has 0 atom stereocenters. The van der Waals surface area contributed by atoms with Crippen LogP contribution in [0.25, 0.3) is 0 Å². The predicted molar refractivity (Wildman–Crippen MR) is 66.3 cm³/mol. The van der Waals surface area contributed by atoms with Crippen LogP contribution < -0.4 is 0 Å². The lowest BCUT2D eigenvalue weighted by molar-refractivity contribution is -0.417. The summed E-state index contributed by atoms with van der Waals surface area (Å²) < 4.78 is 22.0. The van der Waals surface area contributed by atoms with E-state index in [4.69, 9.17) is 7.17 Å². The molecule has 0 aromatic carbocycles. The van der Waals surface area contributed by atoms with Gasteiger partial charge < -0.3 is 0 Å². The van der Waals surface area contributed by atoms with E-state index < -0.39 is 6.37 Å². The largest absolute Gasteiger partial charge is 0.343 e. The summed E-state index contributed by atoms with van der Waals surface area (Å²) in [5.74, 6) is 1.50. The van der Waals surface area contributed by atoms with Gasteiger partial charge in [-0.25, -0.2) is 0 Å². The molecule has 1 heteroatoms. The second-order valence-electron chi connectivity index (χ2n) is 4.84. The van der Waals surface area contributed by atoms with Crippen LogP contribution in [-0.4, -0.2) is 12.9 Å². The van der Waals surface area contributed by atoms with E-state index in [1.165, 1.54) is 0 Å². The Bertz CT molecular complexity index is 457. The van der Waals surface area contributed by atoms with Crippen molar-refractivity contribution in [1.82, 2.24) is 0 Å². The fourth-order valence-electron chi connectivity index (χ4n) is 2.95. The van der Waals surface area contributed by atoms with Crippen LogP contribution in [-0.2, 0) is 4.42 Å². The third-order valence-corrected chi connectivity index (χ3v) is 3.90. The minimum Gasteiger partial charge on any atom is -0.258 e. The molecule has 0 amide bonds. The third kappa shape index (κ3) is 1.68. The molecule has 1 nitrogen and oxygen atoms in total. The van der Waals surface area contributed by atoms with Gasteiger partial charge in [0.2, 0.25) is 0 Å². The number of allylic oxidation sites excluding steroid dienone is 6. The second-order valence-corrected chi connectivity index (χ2v) is 4.84. The molecule has 3 fully saturated rings.